The van der Waals surface area contributed by atoms with E-state index in [-0.39, 0.29) is 18.0 Å². The van der Waals surface area contributed by atoms with Crippen LogP contribution >= 0.6 is 11.6 Å². The van der Waals surface area contributed by atoms with E-state index in [0.717, 1.165) is 18.7 Å². The number of amides is 1. The van der Waals surface area contributed by atoms with Crippen LogP contribution in [0.15, 0.2) is 30.6 Å². The molecular weight excluding hydrogens is 340 g/mol. The fourth-order valence-electron chi connectivity index (χ4n) is 3.29. The summed E-state index contributed by atoms with van der Waals surface area (Å²) in [6.07, 6.45) is 2.31. The van der Waals surface area contributed by atoms with E-state index in [1.807, 2.05) is 24.3 Å². The first-order valence-corrected chi connectivity index (χ1v) is 8.90. The Hall–Kier alpha value is -1.99. The van der Waals surface area contributed by atoms with Gasteiger partial charge in [0.05, 0.1) is 12.1 Å². The Bertz CT molecular complexity index is 705. The molecule has 7 nitrogen and oxygen atoms in total. The van der Waals surface area contributed by atoms with E-state index >= 15 is 0 Å². The predicted molar refractivity (Wildman–Crippen MR) is 95.0 cm³/mol. The summed E-state index contributed by atoms with van der Waals surface area (Å²) < 4.78 is 1.74. The first-order chi connectivity index (χ1) is 12.0. The van der Waals surface area contributed by atoms with Crippen LogP contribution in [0.4, 0.5) is 0 Å². The van der Waals surface area contributed by atoms with Crippen LogP contribution in [0.1, 0.15) is 31.9 Å². The van der Waals surface area contributed by atoms with Gasteiger partial charge in [-0.15, -0.1) is 5.10 Å². The van der Waals surface area contributed by atoms with Gasteiger partial charge in [-0.1, -0.05) is 43.6 Å². The highest BCUT2D eigenvalue weighted by Crippen LogP contribution is 2.27. The molecule has 3 rings (SSSR count). The van der Waals surface area contributed by atoms with Crippen LogP contribution in [-0.4, -0.2) is 50.1 Å². The molecule has 0 spiro atoms. The van der Waals surface area contributed by atoms with E-state index in [2.05, 4.69) is 39.6 Å². The molecule has 2 aromatic rings. The summed E-state index contributed by atoms with van der Waals surface area (Å²) in [5.41, 5.74) is 0.919. The van der Waals surface area contributed by atoms with Gasteiger partial charge in [-0.05, 0) is 34.4 Å². The number of hydrogen-bond acceptors (Lipinski definition) is 5. The molecule has 0 unspecified atom stereocenters. The summed E-state index contributed by atoms with van der Waals surface area (Å²) in [6.45, 7) is 6.38. The zero-order valence-corrected chi connectivity index (χ0v) is 15.2. The molecule has 1 aromatic heterocycles. The highest BCUT2D eigenvalue weighted by Gasteiger charge is 2.38. The molecule has 1 saturated heterocycles. The molecule has 2 heterocycles. The van der Waals surface area contributed by atoms with Crippen molar-refractivity contribution in [3.8, 4) is 0 Å². The van der Waals surface area contributed by atoms with Crippen molar-refractivity contribution in [2.45, 2.75) is 38.9 Å². The Kier molecular flexibility index (Phi) is 5.65. The van der Waals surface area contributed by atoms with E-state index in [1.54, 1.807) is 11.0 Å². The topological polar surface area (TPSA) is 75.9 Å². The molecule has 25 heavy (non-hydrogen) atoms. The molecule has 0 bridgehead atoms. The molecule has 0 radical (unpaired) electrons. The van der Waals surface area contributed by atoms with Gasteiger partial charge in [0.1, 0.15) is 6.33 Å². The van der Waals surface area contributed by atoms with Crippen LogP contribution < -0.4 is 5.32 Å². The van der Waals surface area contributed by atoms with Crippen molar-refractivity contribution in [3.63, 3.8) is 0 Å². The van der Waals surface area contributed by atoms with Crippen molar-refractivity contribution < 1.29 is 4.79 Å². The summed E-state index contributed by atoms with van der Waals surface area (Å²) in [6, 6.07) is 7.49. The quantitative estimate of drug-likeness (QED) is 0.849. The minimum absolute atomic E-state index is 0.0242. The van der Waals surface area contributed by atoms with Gasteiger partial charge < -0.3 is 5.32 Å². The van der Waals surface area contributed by atoms with Crippen molar-refractivity contribution in [2.24, 2.45) is 5.92 Å². The van der Waals surface area contributed by atoms with Crippen LogP contribution in [-0.2, 0) is 11.3 Å². The van der Waals surface area contributed by atoms with E-state index in [4.69, 9.17) is 11.6 Å². The molecule has 1 aromatic carbocycles. The number of benzene rings is 1. The standard InChI is InChI=1S/C17H23ClN6O/c1-12(2)9-23-10-14(24-11-20-21-22-24)7-16(23)17(25)19-8-13-5-3-4-6-15(13)18/h3-6,11-12,14,16H,7-10H2,1-2H3,(H,19,25)/t14-,16-/m0/s1. The molecule has 0 aliphatic carbocycles. The van der Waals surface area contributed by atoms with Crippen molar-refractivity contribution in [2.75, 3.05) is 13.1 Å². The van der Waals surface area contributed by atoms with E-state index in [0.29, 0.717) is 23.9 Å². The lowest BCUT2D eigenvalue weighted by Crippen LogP contribution is -2.44. The number of carbonyl (C=O) groups is 1. The first kappa shape index (κ1) is 17.8. The molecule has 1 amide bonds. The minimum atomic E-state index is -0.181. The fourth-order valence-corrected chi connectivity index (χ4v) is 3.49. The van der Waals surface area contributed by atoms with Gasteiger partial charge in [0.2, 0.25) is 5.91 Å². The Morgan fingerprint density at radius 2 is 2.20 bits per heavy atom. The van der Waals surface area contributed by atoms with Crippen molar-refractivity contribution in [3.05, 3.63) is 41.2 Å². The van der Waals surface area contributed by atoms with Gasteiger partial charge in [0.25, 0.3) is 0 Å². The second kappa shape index (κ2) is 7.93. The predicted octanol–water partition coefficient (Wildman–Crippen LogP) is 1.91. The maximum Gasteiger partial charge on any atom is 0.237 e. The maximum atomic E-state index is 12.8. The molecule has 1 aliphatic heterocycles. The second-order valence-electron chi connectivity index (χ2n) is 6.85. The van der Waals surface area contributed by atoms with E-state index < -0.39 is 0 Å². The van der Waals surface area contributed by atoms with Gasteiger partial charge >= 0.3 is 0 Å². The molecular formula is C17H23ClN6O. The molecule has 1 N–H and O–H groups in total. The smallest absolute Gasteiger partial charge is 0.237 e. The molecule has 0 saturated carbocycles. The number of nitrogens with zero attached hydrogens (tertiary/aromatic N) is 5. The number of likely N-dealkylation sites (tertiary alicyclic amines) is 1. The average molecular weight is 363 g/mol. The number of aromatic nitrogens is 4. The van der Waals surface area contributed by atoms with Gasteiger partial charge in [-0.3, -0.25) is 9.69 Å². The molecule has 2 atom stereocenters. The highest BCUT2D eigenvalue weighted by atomic mass is 35.5. The number of halogens is 1. The van der Waals surface area contributed by atoms with Gasteiger partial charge in [0, 0.05) is 24.7 Å². The zero-order valence-electron chi connectivity index (χ0n) is 14.5. The first-order valence-electron chi connectivity index (χ1n) is 8.52. The number of carbonyl (C=O) groups excluding carboxylic acids is 1. The average Bonchev–Trinajstić information content (AvgIpc) is 3.22. The summed E-state index contributed by atoms with van der Waals surface area (Å²) in [7, 11) is 0. The number of nitrogens with one attached hydrogen (secondary N) is 1. The Balaban J connectivity index is 1.66. The molecule has 1 fully saturated rings. The summed E-state index contributed by atoms with van der Waals surface area (Å²) in [4.78, 5) is 15.0. The van der Waals surface area contributed by atoms with Crippen LogP contribution in [0.2, 0.25) is 5.02 Å². The van der Waals surface area contributed by atoms with Crippen LogP contribution in [0.25, 0.3) is 0 Å². The summed E-state index contributed by atoms with van der Waals surface area (Å²) in [5, 5.41) is 15.1. The van der Waals surface area contributed by atoms with Crippen LogP contribution in [0.3, 0.4) is 0 Å². The van der Waals surface area contributed by atoms with Crippen LogP contribution in [0.5, 0.6) is 0 Å². The van der Waals surface area contributed by atoms with Gasteiger partial charge in [-0.25, -0.2) is 4.68 Å². The lowest BCUT2D eigenvalue weighted by molar-refractivity contribution is -0.125. The number of tetrazole rings is 1. The number of rotatable bonds is 6. The third kappa shape index (κ3) is 4.35. The Morgan fingerprint density at radius 3 is 2.88 bits per heavy atom. The third-order valence-electron chi connectivity index (χ3n) is 4.43. The summed E-state index contributed by atoms with van der Waals surface area (Å²) in [5.74, 6) is 0.502. The Labute approximate surface area is 152 Å². The fraction of sp³-hybridized carbons (Fsp3) is 0.529. The SMILES string of the molecule is CC(C)CN1C[C@@H](n2cnnn2)C[C@H]1C(=O)NCc1ccccc1Cl. The van der Waals surface area contributed by atoms with E-state index in [9.17, 15) is 4.79 Å². The lowest BCUT2D eigenvalue weighted by atomic mass is 10.1. The minimum Gasteiger partial charge on any atom is -0.351 e. The molecule has 1 aliphatic rings. The van der Waals surface area contributed by atoms with Gasteiger partial charge in [-0.2, -0.15) is 0 Å². The summed E-state index contributed by atoms with van der Waals surface area (Å²) >= 11 is 6.17. The highest BCUT2D eigenvalue weighted by molar-refractivity contribution is 6.31. The third-order valence-corrected chi connectivity index (χ3v) is 4.80. The molecule has 8 heteroatoms. The van der Waals surface area contributed by atoms with Crippen molar-refractivity contribution in [1.82, 2.24) is 30.4 Å². The monoisotopic (exact) mass is 362 g/mol. The van der Waals surface area contributed by atoms with E-state index in [1.165, 1.54) is 0 Å². The van der Waals surface area contributed by atoms with Gasteiger partial charge in [0.15, 0.2) is 0 Å². The maximum absolute atomic E-state index is 12.8. The Morgan fingerprint density at radius 1 is 1.40 bits per heavy atom. The van der Waals surface area contributed by atoms with Crippen molar-refractivity contribution >= 4 is 17.5 Å². The second-order valence-corrected chi connectivity index (χ2v) is 7.26. The van der Waals surface area contributed by atoms with Crippen molar-refractivity contribution in [1.29, 1.82) is 0 Å². The lowest BCUT2D eigenvalue weighted by Gasteiger charge is -2.25. The largest absolute Gasteiger partial charge is 0.351 e. The normalized spacial score (nSPS) is 21.0. The zero-order chi connectivity index (χ0) is 17.8. The number of hydrogen-bond donors (Lipinski definition) is 1. The van der Waals surface area contributed by atoms with Crippen LogP contribution in [0, 0.1) is 5.92 Å². The molecule has 134 valence electrons.